The van der Waals surface area contributed by atoms with Crippen LogP contribution in [0.2, 0.25) is 0 Å². The lowest BCUT2D eigenvalue weighted by Crippen LogP contribution is -2.40. The summed E-state index contributed by atoms with van der Waals surface area (Å²) >= 11 is 0. The molecule has 148 valence electrons. The molecule has 28 heavy (non-hydrogen) atoms. The van der Waals surface area contributed by atoms with E-state index in [0.29, 0.717) is 18.4 Å². The van der Waals surface area contributed by atoms with Gasteiger partial charge in [0.2, 0.25) is 0 Å². The van der Waals surface area contributed by atoms with Crippen LogP contribution in [0, 0.1) is 0 Å². The SMILES string of the molecule is COCc1cc(N2CCC(Nc3cc(N(C)C)ncn3)CC2)n2ncnc2n1. The smallest absolute Gasteiger partial charge is 0.254 e. The number of nitrogens with zero attached hydrogens (tertiary/aromatic N) is 8. The standard InChI is InChI=1S/C18H25N9O/c1-25(2)16-9-15(19-11-20-16)23-13-4-6-26(7-5-13)17-8-14(10-28-3)24-18-21-12-22-27(17)18/h8-9,11-13H,4-7,10H2,1-3H3,(H,19,20,23). The fourth-order valence-corrected chi connectivity index (χ4v) is 3.42. The average molecular weight is 383 g/mol. The Balaban J connectivity index is 1.45. The van der Waals surface area contributed by atoms with Gasteiger partial charge in [-0.1, -0.05) is 0 Å². The molecule has 0 aliphatic carbocycles. The molecule has 1 aliphatic rings. The molecule has 0 bridgehead atoms. The molecular formula is C18H25N9O. The number of nitrogens with one attached hydrogen (secondary N) is 1. The maximum Gasteiger partial charge on any atom is 0.254 e. The number of anilines is 3. The lowest BCUT2D eigenvalue weighted by Gasteiger charge is -2.34. The molecule has 0 unspecified atom stereocenters. The minimum atomic E-state index is 0.368. The zero-order valence-corrected chi connectivity index (χ0v) is 16.4. The van der Waals surface area contributed by atoms with Crippen molar-refractivity contribution in [1.82, 2.24) is 29.5 Å². The van der Waals surface area contributed by atoms with Crippen LogP contribution in [0.4, 0.5) is 17.5 Å². The Bertz CT molecular complexity index is 934. The molecule has 3 aromatic heterocycles. The monoisotopic (exact) mass is 383 g/mol. The largest absolute Gasteiger partial charge is 0.378 e. The number of rotatable bonds is 6. The van der Waals surface area contributed by atoms with E-state index in [1.807, 2.05) is 31.1 Å². The molecule has 1 N–H and O–H groups in total. The fraction of sp³-hybridized carbons (Fsp3) is 0.500. The Labute approximate surface area is 163 Å². The van der Waals surface area contributed by atoms with Gasteiger partial charge in [0.15, 0.2) is 0 Å². The van der Waals surface area contributed by atoms with Crippen molar-refractivity contribution in [1.29, 1.82) is 0 Å². The van der Waals surface area contributed by atoms with Gasteiger partial charge in [-0.25, -0.2) is 15.0 Å². The van der Waals surface area contributed by atoms with Gasteiger partial charge in [-0.3, -0.25) is 0 Å². The number of aromatic nitrogens is 6. The number of fused-ring (bicyclic) bond motifs is 1. The highest BCUT2D eigenvalue weighted by molar-refractivity contribution is 5.50. The van der Waals surface area contributed by atoms with Crippen LogP contribution in [0.15, 0.2) is 24.8 Å². The van der Waals surface area contributed by atoms with Crippen LogP contribution in [-0.4, -0.2) is 69.9 Å². The zero-order chi connectivity index (χ0) is 19.5. The summed E-state index contributed by atoms with van der Waals surface area (Å²) < 4.78 is 7.03. The first-order valence-corrected chi connectivity index (χ1v) is 9.33. The molecule has 1 saturated heterocycles. The molecule has 0 radical (unpaired) electrons. The third kappa shape index (κ3) is 3.81. The Morgan fingerprint density at radius 1 is 1.14 bits per heavy atom. The zero-order valence-electron chi connectivity index (χ0n) is 16.4. The molecule has 1 aliphatic heterocycles. The average Bonchev–Trinajstić information content (AvgIpc) is 3.17. The Morgan fingerprint density at radius 2 is 1.96 bits per heavy atom. The van der Waals surface area contributed by atoms with E-state index in [1.165, 1.54) is 6.33 Å². The molecule has 10 heteroatoms. The number of hydrogen-bond acceptors (Lipinski definition) is 9. The van der Waals surface area contributed by atoms with Crippen molar-refractivity contribution in [2.45, 2.75) is 25.5 Å². The summed E-state index contributed by atoms with van der Waals surface area (Å²) in [4.78, 5) is 21.6. The summed E-state index contributed by atoms with van der Waals surface area (Å²) in [7, 11) is 5.62. The summed E-state index contributed by atoms with van der Waals surface area (Å²) in [5.74, 6) is 3.36. The predicted molar refractivity (Wildman–Crippen MR) is 107 cm³/mol. The highest BCUT2D eigenvalue weighted by Gasteiger charge is 2.22. The van der Waals surface area contributed by atoms with Crippen molar-refractivity contribution in [3.63, 3.8) is 0 Å². The Morgan fingerprint density at radius 3 is 2.71 bits per heavy atom. The highest BCUT2D eigenvalue weighted by Crippen LogP contribution is 2.23. The second kappa shape index (κ2) is 7.93. The maximum atomic E-state index is 5.24. The third-order valence-corrected chi connectivity index (χ3v) is 4.86. The second-order valence-electron chi connectivity index (χ2n) is 7.07. The van der Waals surface area contributed by atoms with E-state index in [0.717, 1.165) is 49.1 Å². The summed E-state index contributed by atoms with van der Waals surface area (Å²) in [6.45, 7) is 2.28. The van der Waals surface area contributed by atoms with Gasteiger partial charge in [0, 0.05) is 52.5 Å². The van der Waals surface area contributed by atoms with Crippen molar-refractivity contribution in [3.8, 4) is 0 Å². The lowest BCUT2D eigenvalue weighted by molar-refractivity contribution is 0.181. The minimum Gasteiger partial charge on any atom is -0.378 e. The molecule has 0 aromatic carbocycles. The second-order valence-corrected chi connectivity index (χ2v) is 7.07. The van der Waals surface area contributed by atoms with E-state index in [2.05, 4.69) is 35.3 Å². The lowest BCUT2D eigenvalue weighted by atomic mass is 10.0. The number of ether oxygens (including phenoxy) is 1. The Kier molecular flexibility index (Phi) is 5.20. The number of piperidine rings is 1. The van der Waals surface area contributed by atoms with Crippen molar-refractivity contribution in [2.24, 2.45) is 0 Å². The molecular weight excluding hydrogens is 358 g/mol. The van der Waals surface area contributed by atoms with E-state index < -0.39 is 0 Å². The Hall–Kier alpha value is -3.01. The normalized spacial score (nSPS) is 15.2. The maximum absolute atomic E-state index is 5.24. The molecule has 0 saturated carbocycles. The molecule has 4 rings (SSSR count). The van der Waals surface area contributed by atoms with E-state index in [-0.39, 0.29) is 0 Å². The van der Waals surface area contributed by atoms with Gasteiger partial charge in [-0.15, -0.1) is 0 Å². The molecule has 10 nitrogen and oxygen atoms in total. The molecule has 0 amide bonds. The molecule has 3 aromatic rings. The van der Waals surface area contributed by atoms with Gasteiger partial charge in [-0.2, -0.15) is 14.6 Å². The van der Waals surface area contributed by atoms with Crippen LogP contribution >= 0.6 is 0 Å². The van der Waals surface area contributed by atoms with Crippen molar-refractivity contribution < 1.29 is 4.74 Å². The van der Waals surface area contributed by atoms with Crippen LogP contribution in [0.1, 0.15) is 18.5 Å². The quantitative estimate of drug-likeness (QED) is 0.673. The first-order chi connectivity index (χ1) is 13.6. The molecule has 4 heterocycles. The fourth-order valence-electron chi connectivity index (χ4n) is 3.42. The van der Waals surface area contributed by atoms with Crippen LogP contribution in [-0.2, 0) is 11.3 Å². The third-order valence-electron chi connectivity index (χ3n) is 4.86. The number of hydrogen-bond donors (Lipinski definition) is 1. The first kappa shape index (κ1) is 18.4. The topological polar surface area (TPSA) is 96.6 Å². The van der Waals surface area contributed by atoms with Crippen LogP contribution < -0.4 is 15.1 Å². The number of methoxy groups -OCH3 is 1. The molecule has 0 spiro atoms. The van der Waals surface area contributed by atoms with Crippen molar-refractivity contribution in [2.75, 3.05) is 49.4 Å². The molecule has 0 atom stereocenters. The van der Waals surface area contributed by atoms with Crippen LogP contribution in [0.3, 0.4) is 0 Å². The predicted octanol–water partition coefficient (Wildman–Crippen LogP) is 1.21. The van der Waals surface area contributed by atoms with Crippen LogP contribution in [0.5, 0.6) is 0 Å². The van der Waals surface area contributed by atoms with Crippen LogP contribution in [0.25, 0.3) is 5.78 Å². The van der Waals surface area contributed by atoms with E-state index in [9.17, 15) is 0 Å². The van der Waals surface area contributed by atoms with Crippen molar-refractivity contribution >= 4 is 23.2 Å². The minimum absolute atomic E-state index is 0.368. The van der Waals surface area contributed by atoms with Crippen molar-refractivity contribution in [3.05, 3.63) is 30.5 Å². The summed E-state index contributed by atoms with van der Waals surface area (Å²) in [5.41, 5.74) is 0.857. The first-order valence-electron chi connectivity index (χ1n) is 9.33. The van der Waals surface area contributed by atoms with Gasteiger partial charge in [0.25, 0.3) is 5.78 Å². The van der Waals surface area contributed by atoms with E-state index in [4.69, 9.17) is 4.74 Å². The van der Waals surface area contributed by atoms with Gasteiger partial charge in [0.05, 0.1) is 12.3 Å². The van der Waals surface area contributed by atoms with E-state index >= 15 is 0 Å². The van der Waals surface area contributed by atoms with E-state index in [1.54, 1.807) is 18.0 Å². The summed E-state index contributed by atoms with van der Waals surface area (Å²) in [5, 5.41) is 7.87. The highest BCUT2D eigenvalue weighted by atomic mass is 16.5. The van der Waals surface area contributed by atoms with Gasteiger partial charge in [0.1, 0.15) is 30.1 Å². The van der Waals surface area contributed by atoms with Gasteiger partial charge >= 0.3 is 0 Å². The summed E-state index contributed by atoms with van der Waals surface area (Å²) in [6.07, 6.45) is 5.13. The van der Waals surface area contributed by atoms with Gasteiger partial charge < -0.3 is 19.9 Å². The van der Waals surface area contributed by atoms with Gasteiger partial charge in [-0.05, 0) is 12.8 Å². The molecule has 1 fully saturated rings. The summed E-state index contributed by atoms with van der Waals surface area (Å²) in [6, 6.07) is 4.38.